The minimum atomic E-state index is -3.19. The molecule has 3 N–H and O–H groups in total. The lowest BCUT2D eigenvalue weighted by Crippen LogP contribution is -2.18. The molecule has 0 aromatic rings. The van der Waals surface area contributed by atoms with Crippen LogP contribution in [0.5, 0.6) is 0 Å². The first-order valence-corrected chi connectivity index (χ1v) is 6.09. The van der Waals surface area contributed by atoms with E-state index in [1.807, 2.05) is 0 Å². The van der Waals surface area contributed by atoms with Gasteiger partial charge in [0.2, 0.25) is 7.37 Å². The Balaban J connectivity index is 0.00000144. The highest BCUT2D eigenvalue weighted by Gasteiger charge is 2.32. The molecule has 0 radical (unpaired) electrons. The molecule has 0 aromatic heterocycles. The van der Waals surface area contributed by atoms with Crippen LogP contribution < -0.4 is 5.73 Å². The molecular weight excluding hydrogens is 257 g/mol. The third kappa shape index (κ3) is 5.57. The molecule has 78 valence electrons. The average molecular weight is 272 g/mol. The monoisotopic (exact) mass is 271 g/mol. The lowest BCUT2D eigenvalue weighted by atomic mass is 10.5. The topological polar surface area (TPSA) is 80.4 Å². The van der Waals surface area contributed by atoms with E-state index in [-0.39, 0.29) is 35.5 Å². The van der Waals surface area contributed by atoms with Crippen molar-refractivity contribution in [1.82, 2.24) is 0 Å². The first-order valence-electron chi connectivity index (χ1n) is 4.06. The van der Waals surface area contributed by atoms with Gasteiger partial charge in [0.1, 0.15) is 0 Å². The zero-order valence-corrected chi connectivity index (χ0v) is 9.92. The van der Waals surface area contributed by atoms with Gasteiger partial charge in [0.15, 0.2) is 5.78 Å². The number of hydrogen-bond donors (Lipinski definition) is 2. The van der Waals surface area contributed by atoms with Crippen LogP contribution >= 0.6 is 24.4 Å². The number of hydrogen-bond acceptors (Lipinski definition) is 3. The molecular formula is C7H15BrNO3P. The van der Waals surface area contributed by atoms with Gasteiger partial charge in [0.05, 0.1) is 12.7 Å². The van der Waals surface area contributed by atoms with Crippen LogP contribution in [0.15, 0.2) is 0 Å². The second-order valence-corrected chi connectivity index (χ2v) is 5.75. The highest BCUT2D eigenvalue weighted by atomic mass is 79.9. The quantitative estimate of drug-likeness (QED) is 0.724. The van der Waals surface area contributed by atoms with Crippen molar-refractivity contribution < 1.29 is 14.3 Å². The summed E-state index contributed by atoms with van der Waals surface area (Å²) in [6, 6.07) is 0. The zero-order valence-electron chi connectivity index (χ0n) is 7.31. The van der Waals surface area contributed by atoms with Gasteiger partial charge in [-0.25, -0.2) is 0 Å². The summed E-state index contributed by atoms with van der Waals surface area (Å²) in [5.74, 6) is 0.0629. The normalized spacial score (nSPS) is 20.2. The summed E-state index contributed by atoms with van der Waals surface area (Å²) in [4.78, 5) is 20.1. The first-order chi connectivity index (χ1) is 5.53. The first kappa shape index (κ1) is 13.3. The molecule has 0 bridgehead atoms. The Kier molecular flexibility index (Phi) is 5.37. The summed E-state index contributed by atoms with van der Waals surface area (Å²) < 4.78 is 11.3. The molecule has 1 fully saturated rings. The van der Waals surface area contributed by atoms with Gasteiger partial charge in [-0.3, -0.25) is 9.36 Å². The predicted molar refractivity (Wildman–Crippen MR) is 56.7 cm³/mol. The van der Waals surface area contributed by atoms with E-state index in [4.69, 9.17) is 5.73 Å². The minimum Gasteiger partial charge on any atom is -0.344 e. The summed E-state index contributed by atoms with van der Waals surface area (Å²) >= 11 is 0. The van der Waals surface area contributed by atoms with Gasteiger partial charge in [-0.1, -0.05) is 0 Å². The molecule has 1 saturated carbocycles. The largest absolute Gasteiger partial charge is 0.344 e. The smallest absolute Gasteiger partial charge is 0.208 e. The Bertz CT molecular complexity index is 230. The standard InChI is InChI=1S/C7H14NO3P.BrH/c8-3-7(9)5-12(10,11)4-6-1-2-6;/h6H,1-5,8H2,(H,10,11);1H. The van der Waals surface area contributed by atoms with Crippen LogP contribution in [0.3, 0.4) is 0 Å². The fourth-order valence-electron chi connectivity index (χ4n) is 1.11. The van der Waals surface area contributed by atoms with Gasteiger partial charge < -0.3 is 10.6 Å². The Morgan fingerprint density at radius 3 is 2.46 bits per heavy atom. The molecule has 0 spiro atoms. The van der Waals surface area contributed by atoms with Crippen LogP contribution in [0.2, 0.25) is 0 Å². The van der Waals surface area contributed by atoms with E-state index in [1.165, 1.54) is 0 Å². The lowest BCUT2D eigenvalue weighted by Gasteiger charge is -2.08. The van der Waals surface area contributed by atoms with Crippen molar-refractivity contribution in [2.45, 2.75) is 12.8 Å². The van der Waals surface area contributed by atoms with Gasteiger partial charge >= 0.3 is 0 Å². The van der Waals surface area contributed by atoms with Crippen LogP contribution in [-0.4, -0.2) is 29.5 Å². The zero-order chi connectivity index (χ0) is 9.19. The molecule has 6 heteroatoms. The van der Waals surface area contributed by atoms with E-state index >= 15 is 0 Å². The molecule has 0 heterocycles. The second kappa shape index (κ2) is 5.25. The van der Waals surface area contributed by atoms with E-state index in [1.54, 1.807) is 0 Å². The molecule has 4 nitrogen and oxygen atoms in total. The van der Waals surface area contributed by atoms with Gasteiger partial charge in [0.25, 0.3) is 0 Å². The molecule has 0 aliphatic heterocycles. The fourth-order valence-corrected chi connectivity index (χ4v) is 3.09. The van der Waals surface area contributed by atoms with E-state index in [2.05, 4.69) is 0 Å². The van der Waals surface area contributed by atoms with E-state index < -0.39 is 7.37 Å². The maximum Gasteiger partial charge on any atom is 0.208 e. The van der Waals surface area contributed by atoms with E-state index in [0.717, 1.165) is 12.8 Å². The van der Waals surface area contributed by atoms with E-state index in [9.17, 15) is 14.3 Å². The van der Waals surface area contributed by atoms with Crippen molar-refractivity contribution in [3.8, 4) is 0 Å². The van der Waals surface area contributed by atoms with Gasteiger partial charge in [-0.15, -0.1) is 17.0 Å². The van der Waals surface area contributed by atoms with Crippen molar-refractivity contribution >= 4 is 30.1 Å². The SMILES string of the molecule is Br.NCC(=O)CP(=O)(O)CC1CC1. The Morgan fingerprint density at radius 2 is 2.08 bits per heavy atom. The maximum atomic E-state index is 11.3. The Labute approximate surface area is 88.1 Å². The number of nitrogens with two attached hydrogens (primary N) is 1. The van der Waals surface area contributed by atoms with Crippen molar-refractivity contribution in [3.63, 3.8) is 0 Å². The second-order valence-electron chi connectivity index (χ2n) is 3.37. The van der Waals surface area contributed by atoms with Crippen LogP contribution in [-0.2, 0) is 9.36 Å². The molecule has 0 aromatic carbocycles. The van der Waals surface area contributed by atoms with Crippen LogP contribution in [0.25, 0.3) is 0 Å². The van der Waals surface area contributed by atoms with E-state index in [0.29, 0.717) is 12.1 Å². The lowest BCUT2D eigenvalue weighted by molar-refractivity contribution is -0.115. The highest BCUT2D eigenvalue weighted by molar-refractivity contribution is 8.93. The summed E-state index contributed by atoms with van der Waals surface area (Å²) in [7, 11) is -3.19. The van der Waals surface area contributed by atoms with Crippen molar-refractivity contribution in [3.05, 3.63) is 0 Å². The summed E-state index contributed by atoms with van der Waals surface area (Å²) in [6.07, 6.45) is 2.13. The number of carbonyl (C=O) groups is 1. The Hall–Kier alpha value is 0.300. The fraction of sp³-hybridized carbons (Fsp3) is 0.857. The number of Topliss-reactive ketones (excluding diaryl/α,β-unsaturated/α-hetero) is 1. The highest BCUT2D eigenvalue weighted by Crippen LogP contribution is 2.48. The minimum absolute atomic E-state index is 0. The summed E-state index contributed by atoms with van der Waals surface area (Å²) in [5.41, 5.74) is 5.04. The molecule has 0 saturated heterocycles. The number of carbonyl (C=O) groups excluding carboxylic acids is 1. The molecule has 1 unspecified atom stereocenters. The van der Waals surface area contributed by atoms with Crippen LogP contribution in [0.1, 0.15) is 12.8 Å². The molecule has 1 aliphatic rings. The maximum absolute atomic E-state index is 11.3. The summed E-state index contributed by atoms with van der Waals surface area (Å²) in [5, 5.41) is 0. The predicted octanol–water partition coefficient (Wildman–Crippen LogP) is 0.773. The molecule has 13 heavy (non-hydrogen) atoms. The van der Waals surface area contributed by atoms with Crippen LogP contribution in [0.4, 0.5) is 0 Å². The molecule has 1 atom stereocenters. The van der Waals surface area contributed by atoms with Gasteiger partial charge in [-0.05, 0) is 18.8 Å². The van der Waals surface area contributed by atoms with Crippen molar-refractivity contribution in [2.75, 3.05) is 18.9 Å². The summed E-state index contributed by atoms with van der Waals surface area (Å²) in [6.45, 7) is -0.130. The molecule has 1 rings (SSSR count). The van der Waals surface area contributed by atoms with Gasteiger partial charge in [0, 0.05) is 6.16 Å². The van der Waals surface area contributed by atoms with Crippen LogP contribution in [0, 0.1) is 5.92 Å². The number of ketones is 1. The molecule has 1 aliphatic carbocycles. The molecule has 0 amide bonds. The third-order valence-electron chi connectivity index (χ3n) is 1.89. The number of rotatable bonds is 5. The van der Waals surface area contributed by atoms with Gasteiger partial charge in [-0.2, -0.15) is 0 Å². The van der Waals surface area contributed by atoms with Crippen molar-refractivity contribution in [2.24, 2.45) is 11.7 Å². The van der Waals surface area contributed by atoms with Crippen molar-refractivity contribution in [1.29, 1.82) is 0 Å². The average Bonchev–Trinajstić information content (AvgIpc) is 2.69. The Morgan fingerprint density at radius 1 is 1.54 bits per heavy atom. The third-order valence-corrected chi connectivity index (χ3v) is 3.83. The number of halogens is 1.